The molecule has 0 aromatic heterocycles. The van der Waals surface area contributed by atoms with Crippen LogP contribution in [0, 0.1) is 0 Å². The number of aliphatic imine (C=N–C) groups is 2. The molecular formula is C31H29N5O6S. The number of hydrogen-bond acceptors (Lipinski definition) is 9. The molecule has 2 N–H and O–H groups in total. The van der Waals surface area contributed by atoms with Crippen molar-refractivity contribution in [3.05, 3.63) is 77.9 Å². The van der Waals surface area contributed by atoms with Gasteiger partial charge in [-0.2, -0.15) is 0 Å². The zero-order valence-corrected chi connectivity index (χ0v) is 24.3. The van der Waals surface area contributed by atoms with Crippen molar-refractivity contribution in [3.63, 3.8) is 0 Å². The zero-order valence-electron chi connectivity index (χ0n) is 23.5. The third kappa shape index (κ3) is 5.91. The second kappa shape index (κ2) is 12.2. The van der Waals surface area contributed by atoms with E-state index in [1.807, 2.05) is 43.3 Å². The molecule has 3 aliphatic rings. The number of rotatable bonds is 9. The van der Waals surface area contributed by atoms with E-state index in [1.165, 1.54) is 16.7 Å². The average Bonchev–Trinajstić information content (AvgIpc) is 3.63. The first-order valence-corrected chi connectivity index (χ1v) is 14.7. The van der Waals surface area contributed by atoms with E-state index in [4.69, 9.17) is 19.2 Å². The van der Waals surface area contributed by atoms with Crippen molar-refractivity contribution in [2.75, 3.05) is 19.2 Å². The Balaban J connectivity index is 1.16. The van der Waals surface area contributed by atoms with E-state index < -0.39 is 11.3 Å². The van der Waals surface area contributed by atoms with Crippen molar-refractivity contribution in [1.29, 1.82) is 0 Å². The van der Waals surface area contributed by atoms with Gasteiger partial charge in [0.2, 0.25) is 18.6 Å². The van der Waals surface area contributed by atoms with Crippen molar-refractivity contribution < 1.29 is 28.6 Å². The Kier molecular flexibility index (Phi) is 8.01. The number of hydrogen-bond donors (Lipinski definition) is 2. The number of methoxy groups -OCH3 is 1. The number of ether oxygens (including phenoxy) is 3. The molecule has 0 fully saturated rings. The van der Waals surface area contributed by atoms with Crippen molar-refractivity contribution in [2.24, 2.45) is 9.98 Å². The number of thioether (sulfide) groups is 1. The van der Waals surface area contributed by atoms with E-state index in [0.29, 0.717) is 51.6 Å². The summed E-state index contributed by atoms with van der Waals surface area (Å²) in [4.78, 5) is 50.7. The van der Waals surface area contributed by atoms with Crippen LogP contribution >= 0.6 is 11.8 Å². The summed E-state index contributed by atoms with van der Waals surface area (Å²) < 4.78 is 16.0. The number of carbonyl (C=O) groups excluding carboxylic acids is 3. The van der Waals surface area contributed by atoms with Gasteiger partial charge in [-0.25, -0.2) is 9.89 Å². The quantitative estimate of drug-likeness (QED) is 0.376. The van der Waals surface area contributed by atoms with Crippen molar-refractivity contribution in [2.45, 2.75) is 37.6 Å². The Hall–Kier alpha value is -4.84. The Morgan fingerprint density at radius 2 is 1.93 bits per heavy atom. The third-order valence-electron chi connectivity index (χ3n) is 7.10. The monoisotopic (exact) mass is 599 g/mol. The molecule has 11 nitrogen and oxygen atoms in total. The summed E-state index contributed by atoms with van der Waals surface area (Å²) in [6.45, 7) is 2.33. The van der Waals surface area contributed by atoms with Gasteiger partial charge >= 0.3 is 0 Å². The first-order chi connectivity index (χ1) is 20.9. The zero-order chi connectivity index (χ0) is 29.9. The minimum atomic E-state index is -0.922. The molecule has 0 radical (unpaired) electrons. The van der Waals surface area contributed by atoms with Crippen LogP contribution in [0.4, 0.5) is 11.4 Å². The number of benzene rings is 3. The van der Waals surface area contributed by atoms with Gasteiger partial charge in [0.05, 0.1) is 24.5 Å². The van der Waals surface area contributed by atoms with E-state index in [2.05, 4.69) is 15.6 Å². The van der Waals surface area contributed by atoms with Gasteiger partial charge in [0.25, 0.3) is 5.91 Å². The van der Waals surface area contributed by atoms with Gasteiger partial charge in [-0.15, -0.1) is 0 Å². The highest BCUT2D eigenvalue weighted by Crippen LogP contribution is 2.36. The Morgan fingerprint density at radius 1 is 1.09 bits per heavy atom. The van der Waals surface area contributed by atoms with Crippen LogP contribution in [0.1, 0.15) is 30.9 Å². The molecule has 0 unspecified atom stereocenters. The summed E-state index contributed by atoms with van der Waals surface area (Å²) >= 11 is 1.19. The van der Waals surface area contributed by atoms with Crippen LogP contribution in [0.15, 0.2) is 76.7 Å². The normalized spacial score (nSPS) is 16.9. The molecule has 0 saturated heterocycles. The highest BCUT2D eigenvalue weighted by Gasteiger charge is 2.43. The maximum absolute atomic E-state index is 13.7. The van der Waals surface area contributed by atoms with E-state index in [0.717, 1.165) is 5.56 Å². The molecule has 0 bridgehead atoms. The van der Waals surface area contributed by atoms with Crippen molar-refractivity contribution >= 4 is 51.9 Å². The predicted octanol–water partition coefficient (Wildman–Crippen LogP) is 4.24. The van der Waals surface area contributed by atoms with E-state index in [-0.39, 0.29) is 37.5 Å². The lowest BCUT2D eigenvalue weighted by Crippen LogP contribution is -2.43. The Labute approximate surface area is 252 Å². The molecule has 6 rings (SSSR count). The van der Waals surface area contributed by atoms with Gasteiger partial charge in [-0.1, -0.05) is 43.0 Å². The fraction of sp³-hybridized carbons (Fsp3) is 0.258. The molecular weight excluding hydrogens is 570 g/mol. The predicted molar refractivity (Wildman–Crippen MR) is 163 cm³/mol. The van der Waals surface area contributed by atoms with Crippen LogP contribution in [0.3, 0.4) is 0 Å². The van der Waals surface area contributed by atoms with Gasteiger partial charge in [0.15, 0.2) is 16.7 Å². The molecule has 43 heavy (non-hydrogen) atoms. The Morgan fingerprint density at radius 3 is 2.77 bits per heavy atom. The fourth-order valence-corrected chi connectivity index (χ4v) is 5.91. The lowest BCUT2D eigenvalue weighted by atomic mass is 10.1. The number of anilines is 1. The van der Waals surface area contributed by atoms with Gasteiger partial charge in [-0.05, 0) is 48.4 Å². The maximum Gasteiger partial charge on any atom is 0.259 e. The third-order valence-corrected chi connectivity index (χ3v) is 8.42. The smallest absolute Gasteiger partial charge is 0.259 e. The first kappa shape index (κ1) is 28.3. The summed E-state index contributed by atoms with van der Waals surface area (Å²) in [6, 6.07) is 19.0. The van der Waals surface area contributed by atoms with E-state index in [1.54, 1.807) is 37.4 Å². The topological polar surface area (TPSA) is 131 Å². The highest BCUT2D eigenvalue weighted by molar-refractivity contribution is 8.15. The fourth-order valence-electron chi connectivity index (χ4n) is 4.89. The molecule has 3 aromatic rings. The lowest BCUT2D eigenvalue weighted by molar-refractivity contribution is -0.128. The molecule has 0 aliphatic carbocycles. The molecule has 0 saturated carbocycles. The summed E-state index contributed by atoms with van der Waals surface area (Å²) in [7, 11) is 1.56. The molecule has 0 spiro atoms. The number of fused-ring (bicyclic) bond motifs is 4. The van der Waals surface area contributed by atoms with Crippen molar-refractivity contribution in [3.8, 4) is 17.2 Å². The van der Waals surface area contributed by atoms with Crippen molar-refractivity contribution in [1.82, 2.24) is 10.2 Å². The minimum Gasteiger partial charge on any atom is -0.497 e. The molecule has 3 aliphatic heterocycles. The standard InChI is InChI=1S/C31H29N5O6S/c1-3-26(29(38)33-19-7-6-8-20(14-19)40-2)43-31-35-22-10-5-4-9-21(22)28-34-23(30(39)36(28)31)15-27(37)32-16-18-11-12-24-25(13-18)42-17-41-24/h4-14,23,26H,3,15-17H2,1-2H3,(H,32,37)(H,33,38)/t23-,26+/m1/s1. The number of amidine groups is 2. The minimum absolute atomic E-state index is 0.128. The summed E-state index contributed by atoms with van der Waals surface area (Å²) in [6.07, 6.45) is 0.359. The summed E-state index contributed by atoms with van der Waals surface area (Å²) in [5, 5.41) is 5.59. The second-order valence-corrected chi connectivity index (χ2v) is 11.1. The van der Waals surface area contributed by atoms with Crippen LogP contribution in [0.5, 0.6) is 17.2 Å². The first-order valence-electron chi connectivity index (χ1n) is 13.8. The van der Waals surface area contributed by atoms with E-state index in [9.17, 15) is 14.4 Å². The van der Waals surface area contributed by atoms with Gasteiger partial charge in [0.1, 0.15) is 17.6 Å². The van der Waals surface area contributed by atoms with Crippen LogP contribution < -0.4 is 24.8 Å². The maximum atomic E-state index is 13.7. The molecule has 3 amide bonds. The second-order valence-electron chi connectivity index (χ2n) is 9.96. The SMILES string of the molecule is CC[C@H](SC1=Nc2ccccc2C2=N[C@H](CC(=O)NCc3ccc4c(c3)OCO4)C(=O)N12)C(=O)Nc1cccc(OC)c1. The molecule has 3 heterocycles. The molecule has 12 heteroatoms. The summed E-state index contributed by atoms with van der Waals surface area (Å²) in [5.41, 5.74) is 2.78. The Bertz CT molecular complexity index is 1660. The highest BCUT2D eigenvalue weighted by atomic mass is 32.2. The number of para-hydroxylation sites is 1. The van der Waals surface area contributed by atoms with Crippen LogP contribution in [-0.2, 0) is 20.9 Å². The van der Waals surface area contributed by atoms with Gasteiger partial charge in [-0.3, -0.25) is 19.4 Å². The number of nitrogens with one attached hydrogen (secondary N) is 2. The van der Waals surface area contributed by atoms with Gasteiger partial charge in [0, 0.05) is 23.9 Å². The molecule has 220 valence electrons. The summed E-state index contributed by atoms with van der Waals surface area (Å²) in [5.74, 6) is 1.44. The lowest BCUT2D eigenvalue weighted by Gasteiger charge is -2.27. The van der Waals surface area contributed by atoms with E-state index >= 15 is 0 Å². The van der Waals surface area contributed by atoms with Crippen LogP contribution in [0.25, 0.3) is 0 Å². The molecule has 3 aromatic carbocycles. The molecule has 2 atom stereocenters. The number of amides is 3. The largest absolute Gasteiger partial charge is 0.497 e. The van der Waals surface area contributed by atoms with Gasteiger partial charge < -0.3 is 24.8 Å². The van der Waals surface area contributed by atoms with Crippen LogP contribution in [-0.4, -0.2) is 58.8 Å². The number of carbonyl (C=O) groups is 3. The average molecular weight is 600 g/mol. The number of nitrogens with zero attached hydrogens (tertiary/aromatic N) is 3. The van der Waals surface area contributed by atoms with Crippen LogP contribution in [0.2, 0.25) is 0 Å².